The van der Waals surface area contributed by atoms with Gasteiger partial charge in [-0.2, -0.15) is 0 Å². The minimum absolute atomic E-state index is 0.692. The van der Waals surface area contributed by atoms with Crippen molar-refractivity contribution in [3.8, 4) is 0 Å². The summed E-state index contributed by atoms with van der Waals surface area (Å²) in [5.74, 6) is 2.22. The lowest BCUT2D eigenvalue weighted by molar-refractivity contribution is 0.375. The summed E-state index contributed by atoms with van der Waals surface area (Å²) in [5.41, 5.74) is 5.74. The molecule has 0 N–H and O–H groups in total. The molecule has 0 heterocycles. The third-order valence-electron chi connectivity index (χ3n) is 5.62. The van der Waals surface area contributed by atoms with Crippen molar-refractivity contribution < 1.29 is 0 Å². The predicted molar refractivity (Wildman–Crippen MR) is 153 cm³/mol. The highest BCUT2D eigenvalue weighted by Crippen LogP contribution is 2.39. The number of rotatable bonds is 3. The fraction of sp³-hybridized carbons (Fsp3) is 0.394. The molecule has 3 unspecified atom stereocenters. The Hall–Kier alpha value is -2.60. The van der Waals surface area contributed by atoms with Gasteiger partial charge in [-0.25, -0.2) is 0 Å². The zero-order valence-corrected chi connectivity index (χ0v) is 22.5. The maximum atomic E-state index is 3.36. The fourth-order valence-corrected chi connectivity index (χ4v) is 3.72. The molecule has 2 aromatic carbocycles. The second-order valence-corrected chi connectivity index (χ2v) is 8.84. The second kappa shape index (κ2) is 18.9. The van der Waals surface area contributed by atoms with E-state index in [4.69, 9.17) is 0 Å². The molecule has 1 aliphatic carbocycles. The van der Waals surface area contributed by atoms with E-state index in [0.717, 1.165) is 18.3 Å². The normalized spacial score (nSPS) is 19.3. The second-order valence-electron chi connectivity index (χ2n) is 8.84. The van der Waals surface area contributed by atoms with E-state index < -0.39 is 0 Å². The van der Waals surface area contributed by atoms with E-state index in [0.29, 0.717) is 5.92 Å². The number of hydrogen-bond donors (Lipinski definition) is 0. The Morgan fingerprint density at radius 2 is 1.45 bits per heavy atom. The summed E-state index contributed by atoms with van der Waals surface area (Å²) in [4.78, 5) is 0. The zero-order valence-electron chi connectivity index (χ0n) is 22.5. The molecule has 0 spiro atoms. The Morgan fingerprint density at radius 1 is 0.879 bits per heavy atom. The monoisotopic (exact) mass is 444 g/mol. The van der Waals surface area contributed by atoms with Crippen molar-refractivity contribution in [2.24, 2.45) is 17.8 Å². The molecule has 0 aliphatic heterocycles. The van der Waals surface area contributed by atoms with Crippen molar-refractivity contribution in [1.29, 1.82) is 0 Å². The molecule has 0 bridgehead atoms. The van der Waals surface area contributed by atoms with E-state index in [9.17, 15) is 0 Å². The standard InChI is InChI=1S/C16H22.C7H8.C7H12.C3H6/c1-11-9-13(3)14(4)16(10-11)15-8-6-5-7-12(15)2;1-7-5-3-2-4-6-7;1-3-5-7-6-4-2;1-3-2/h5-8,10-11,13-14H,9H2,1-4H3;2-6H,1H3;3,5-7H,4H2,1-2H3;3H,1H2,2H3/b;;5-3+,7-6-;. The lowest BCUT2D eigenvalue weighted by Gasteiger charge is -2.31. The SMILES string of the molecule is C/C=C/C=C\CC.C=CC.Cc1ccccc1.Cc1ccccc1C1=CC(C)CC(C)C1C. The van der Waals surface area contributed by atoms with Crippen LogP contribution in [0, 0.1) is 31.6 Å². The molecule has 0 saturated heterocycles. The van der Waals surface area contributed by atoms with Crippen molar-refractivity contribution >= 4 is 5.57 Å². The van der Waals surface area contributed by atoms with Crippen LogP contribution in [-0.4, -0.2) is 0 Å². The van der Waals surface area contributed by atoms with E-state index in [1.165, 1.54) is 23.1 Å². The molecular formula is C33H48. The van der Waals surface area contributed by atoms with Crippen molar-refractivity contribution in [3.05, 3.63) is 114 Å². The zero-order chi connectivity index (χ0) is 25.1. The van der Waals surface area contributed by atoms with Gasteiger partial charge in [0.2, 0.25) is 0 Å². The topological polar surface area (TPSA) is 0 Å². The van der Waals surface area contributed by atoms with E-state index in [1.807, 2.05) is 44.2 Å². The summed E-state index contributed by atoms with van der Waals surface area (Å²) in [6.45, 7) is 20.8. The minimum Gasteiger partial charge on any atom is -0.103 e. The first-order chi connectivity index (χ1) is 15.8. The van der Waals surface area contributed by atoms with Gasteiger partial charge in [0, 0.05) is 0 Å². The maximum absolute atomic E-state index is 3.36. The van der Waals surface area contributed by atoms with Crippen LogP contribution >= 0.6 is 0 Å². The van der Waals surface area contributed by atoms with Gasteiger partial charge in [0.25, 0.3) is 0 Å². The number of hydrogen-bond acceptors (Lipinski definition) is 0. The minimum atomic E-state index is 0.692. The average Bonchev–Trinajstić information content (AvgIpc) is 2.79. The van der Waals surface area contributed by atoms with Gasteiger partial charge in [-0.05, 0) is 75.0 Å². The van der Waals surface area contributed by atoms with Crippen LogP contribution in [0.25, 0.3) is 5.57 Å². The summed E-state index contributed by atoms with van der Waals surface area (Å²) in [7, 11) is 0. The Bertz CT molecular complexity index is 835. The average molecular weight is 445 g/mol. The number of allylic oxidation sites excluding steroid dienone is 7. The summed E-state index contributed by atoms with van der Waals surface area (Å²) in [6, 6.07) is 19.0. The van der Waals surface area contributed by atoms with Gasteiger partial charge < -0.3 is 0 Å². The Balaban J connectivity index is 0.000000501. The van der Waals surface area contributed by atoms with E-state index in [1.54, 1.807) is 11.6 Å². The highest BCUT2D eigenvalue weighted by atomic mass is 14.3. The molecule has 0 fully saturated rings. The largest absolute Gasteiger partial charge is 0.103 e. The summed E-state index contributed by atoms with van der Waals surface area (Å²) in [5, 5.41) is 0. The Kier molecular flexibility index (Phi) is 17.4. The third-order valence-corrected chi connectivity index (χ3v) is 5.62. The summed E-state index contributed by atoms with van der Waals surface area (Å²) < 4.78 is 0. The molecule has 0 amide bonds. The van der Waals surface area contributed by atoms with Crippen LogP contribution in [-0.2, 0) is 0 Å². The summed E-state index contributed by atoms with van der Waals surface area (Å²) in [6.07, 6.45) is 14.9. The van der Waals surface area contributed by atoms with E-state index >= 15 is 0 Å². The molecule has 3 atom stereocenters. The Morgan fingerprint density at radius 3 is 1.94 bits per heavy atom. The van der Waals surface area contributed by atoms with Crippen LogP contribution in [0.15, 0.2) is 97.6 Å². The molecule has 2 aromatic rings. The maximum Gasteiger partial charge on any atom is -0.0161 e. The smallest absolute Gasteiger partial charge is 0.0161 e. The van der Waals surface area contributed by atoms with Gasteiger partial charge in [-0.1, -0.05) is 124 Å². The predicted octanol–water partition coefficient (Wildman–Crippen LogP) is 10.4. The lowest BCUT2D eigenvalue weighted by Crippen LogP contribution is -2.18. The fourth-order valence-electron chi connectivity index (χ4n) is 3.72. The molecule has 180 valence electrons. The van der Waals surface area contributed by atoms with Crippen LogP contribution in [0.4, 0.5) is 0 Å². The van der Waals surface area contributed by atoms with Gasteiger partial charge in [-0.15, -0.1) is 6.58 Å². The quantitative estimate of drug-likeness (QED) is 0.326. The first-order valence-electron chi connectivity index (χ1n) is 12.5. The van der Waals surface area contributed by atoms with E-state index in [2.05, 4.69) is 103 Å². The molecule has 0 nitrogen and oxygen atoms in total. The molecule has 3 rings (SSSR count). The van der Waals surface area contributed by atoms with Crippen LogP contribution in [0.2, 0.25) is 0 Å². The molecule has 0 radical (unpaired) electrons. The number of aryl methyl sites for hydroxylation is 2. The molecular weight excluding hydrogens is 396 g/mol. The van der Waals surface area contributed by atoms with Crippen LogP contribution in [0.5, 0.6) is 0 Å². The van der Waals surface area contributed by atoms with Gasteiger partial charge >= 0.3 is 0 Å². The van der Waals surface area contributed by atoms with Crippen LogP contribution < -0.4 is 0 Å². The molecule has 1 aliphatic rings. The highest BCUT2D eigenvalue weighted by molar-refractivity contribution is 5.70. The Labute approximate surface area is 205 Å². The summed E-state index contributed by atoms with van der Waals surface area (Å²) >= 11 is 0. The molecule has 0 saturated carbocycles. The lowest BCUT2D eigenvalue weighted by atomic mass is 9.74. The molecule has 0 heteroatoms. The van der Waals surface area contributed by atoms with Crippen molar-refractivity contribution in [2.75, 3.05) is 0 Å². The van der Waals surface area contributed by atoms with Gasteiger partial charge in [0.15, 0.2) is 0 Å². The number of benzene rings is 2. The van der Waals surface area contributed by atoms with Crippen LogP contribution in [0.3, 0.4) is 0 Å². The molecule has 33 heavy (non-hydrogen) atoms. The van der Waals surface area contributed by atoms with Gasteiger partial charge in [0.05, 0.1) is 0 Å². The molecule has 0 aromatic heterocycles. The van der Waals surface area contributed by atoms with Crippen molar-refractivity contribution in [3.63, 3.8) is 0 Å². The van der Waals surface area contributed by atoms with Crippen molar-refractivity contribution in [1.82, 2.24) is 0 Å². The van der Waals surface area contributed by atoms with Crippen LogP contribution in [0.1, 0.15) is 71.1 Å². The van der Waals surface area contributed by atoms with E-state index in [-0.39, 0.29) is 0 Å². The van der Waals surface area contributed by atoms with Crippen molar-refractivity contribution in [2.45, 2.75) is 68.2 Å². The van der Waals surface area contributed by atoms with Gasteiger partial charge in [-0.3, -0.25) is 0 Å². The van der Waals surface area contributed by atoms with Gasteiger partial charge in [0.1, 0.15) is 0 Å². The third kappa shape index (κ3) is 13.5. The first-order valence-corrected chi connectivity index (χ1v) is 12.5. The first kappa shape index (κ1) is 30.4. The highest BCUT2D eigenvalue weighted by Gasteiger charge is 2.25.